The van der Waals surface area contributed by atoms with Crippen LogP contribution in [0, 0.1) is 5.41 Å². The lowest BCUT2D eigenvalue weighted by atomic mass is 9.69. The minimum atomic E-state index is 0.555. The molecule has 1 saturated heterocycles. The summed E-state index contributed by atoms with van der Waals surface area (Å²) in [5.74, 6) is 1.08. The van der Waals surface area contributed by atoms with Crippen molar-refractivity contribution in [2.75, 3.05) is 39.0 Å². The predicted octanol–water partition coefficient (Wildman–Crippen LogP) is 2.50. The summed E-state index contributed by atoms with van der Waals surface area (Å²) in [6.07, 6.45) is 6.84. The van der Waals surface area contributed by atoms with Crippen LogP contribution in [0.25, 0.3) is 0 Å². The summed E-state index contributed by atoms with van der Waals surface area (Å²) in [6.45, 7) is 7.44. The molecule has 2 fully saturated rings. The molecule has 0 spiro atoms. The Kier molecular flexibility index (Phi) is 4.79. The standard InChI is InChI=1S/C14H28N2S/c1-3-13-10-15(2)8-5-9-16(13)11-14(12-17)6-4-7-14/h13,17H,3-12H2,1-2H3. The van der Waals surface area contributed by atoms with E-state index in [-0.39, 0.29) is 0 Å². The van der Waals surface area contributed by atoms with E-state index in [0.29, 0.717) is 5.41 Å². The highest BCUT2D eigenvalue weighted by Gasteiger charge is 2.38. The maximum Gasteiger partial charge on any atom is 0.0220 e. The van der Waals surface area contributed by atoms with Crippen LogP contribution in [0.2, 0.25) is 0 Å². The molecule has 1 atom stereocenters. The highest BCUT2D eigenvalue weighted by Crippen LogP contribution is 2.43. The Morgan fingerprint density at radius 1 is 1.24 bits per heavy atom. The van der Waals surface area contributed by atoms with Crippen LogP contribution in [-0.4, -0.2) is 54.8 Å². The molecule has 0 aromatic rings. The second kappa shape index (κ2) is 5.94. The average molecular weight is 256 g/mol. The molecule has 1 unspecified atom stereocenters. The van der Waals surface area contributed by atoms with Crippen LogP contribution in [0.4, 0.5) is 0 Å². The molecule has 2 aliphatic rings. The molecule has 2 nitrogen and oxygen atoms in total. The Labute approximate surface area is 112 Å². The Balaban J connectivity index is 1.96. The van der Waals surface area contributed by atoms with Crippen molar-refractivity contribution in [2.45, 2.75) is 45.1 Å². The van der Waals surface area contributed by atoms with Gasteiger partial charge in [0.05, 0.1) is 0 Å². The fraction of sp³-hybridized carbons (Fsp3) is 1.00. The molecular formula is C14H28N2S. The van der Waals surface area contributed by atoms with Crippen LogP contribution in [0.3, 0.4) is 0 Å². The first-order chi connectivity index (χ1) is 8.19. The van der Waals surface area contributed by atoms with Crippen LogP contribution in [0.15, 0.2) is 0 Å². The van der Waals surface area contributed by atoms with Crippen molar-refractivity contribution in [2.24, 2.45) is 5.41 Å². The molecule has 17 heavy (non-hydrogen) atoms. The third-order valence-electron chi connectivity index (χ3n) is 4.78. The van der Waals surface area contributed by atoms with E-state index in [9.17, 15) is 0 Å². The van der Waals surface area contributed by atoms with Crippen molar-refractivity contribution in [1.82, 2.24) is 9.80 Å². The maximum absolute atomic E-state index is 4.60. The summed E-state index contributed by atoms with van der Waals surface area (Å²) < 4.78 is 0. The third-order valence-corrected chi connectivity index (χ3v) is 5.45. The van der Waals surface area contributed by atoms with Crippen molar-refractivity contribution in [1.29, 1.82) is 0 Å². The number of hydrogen-bond donors (Lipinski definition) is 1. The molecule has 0 bridgehead atoms. The topological polar surface area (TPSA) is 6.48 Å². The first-order valence-electron chi connectivity index (χ1n) is 7.22. The second-order valence-corrected chi connectivity index (χ2v) is 6.48. The van der Waals surface area contributed by atoms with Gasteiger partial charge in [0, 0.05) is 19.1 Å². The van der Waals surface area contributed by atoms with Crippen LogP contribution in [-0.2, 0) is 0 Å². The fourth-order valence-corrected chi connectivity index (χ4v) is 3.78. The van der Waals surface area contributed by atoms with Gasteiger partial charge >= 0.3 is 0 Å². The molecule has 0 aromatic heterocycles. The van der Waals surface area contributed by atoms with E-state index in [2.05, 4.69) is 36.4 Å². The van der Waals surface area contributed by atoms with Crippen LogP contribution < -0.4 is 0 Å². The van der Waals surface area contributed by atoms with E-state index >= 15 is 0 Å². The Hall–Kier alpha value is 0.270. The predicted molar refractivity (Wildman–Crippen MR) is 77.9 cm³/mol. The van der Waals surface area contributed by atoms with E-state index in [1.807, 2.05) is 0 Å². The summed E-state index contributed by atoms with van der Waals surface area (Å²) in [4.78, 5) is 5.27. The molecule has 3 heteroatoms. The quantitative estimate of drug-likeness (QED) is 0.772. The molecule has 1 heterocycles. The van der Waals surface area contributed by atoms with Gasteiger partial charge in [0.2, 0.25) is 0 Å². The number of nitrogens with zero attached hydrogens (tertiary/aromatic N) is 2. The summed E-state index contributed by atoms with van der Waals surface area (Å²) in [7, 11) is 2.27. The monoisotopic (exact) mass is 256 g/mol. The van der Waals surface area contributed by atoms with Crippen molar-refractivity contribution in [3.8, 4) is 0 Å². The van der Waals surface area contributed by atoms with Gasteiger partial charge < -0.3 is 4.90 Å². The van der Waals surface area contributed by atoms with Crippen molar-refractivity contribution < 1.29 is 0 Å². The van der Waals surface area contributed by atoms with Gasteiger partial charge in [-0.2, -0.15) is 12.6 Å². The second-order valence-electron chi connectivity index (χ2n) is 6.16. The zero-order valence-electron chi connectivity index (χ0n) is 11.5. The van der Waals surface area contributed by atoms with Crippen molar-refractivity contribution >= 4 is 12.6 Å². The number of likely N-dealkylation sites (N-methyl/N-ethyl adjacent to an activating group) is 1. The minimum Gasteiger partial charge on any atom is -0.305 e. The SMILES string of the molecule is CCC1CN(C)CCCN1CC1(CS)CCC1. The molecule has 1 aliphatic heterocycles. The van der Waals surface area contributed by atoms with Crippen LogP contribution >= 0.6 is 12.6 Å². The zero-order chi connectivity index (χ0) is 12.3. The summed E-state index contributed by atoms with van der Waals surface area (Å²) in [5.41, 5.74) is 0.555. The molecule has 0 N–H and O–H groups in total. The summed E-state index contributed by atoms with van der Waals surface area (Å²) in [5, 5.41) is 0. The first kappa shape index (κ1) is 13.7. The van der Waals surface area contributed by atoms with E-state index in [0.717, 1.165) is 11.8 Å². The summed E-state index contributed by atoms with van der Waals surface area (Å²) >= 11 is 4.60. The lowest BCUT2D eigenvalue weighted by molar-refractivity contribution is 0.0633. The molecular weight excluding hydrogens is 228 g/mol. The molecule has 1 saturated carbocycles. The van der Waals surface area contributed by atoms with Crippen LogP contribution in [0.1, 0.15) is 39.0 Å². The van der Waals surface area contributed by atoms with E-state index in [1.165, 1.54) is 58.3 Å². The van der Waals surface area contributed by atoms with Gasteiger partial charge in [0.25, 0.3) is 0 Å². The van der Waals surface area contributed by atoms with Gasteiger partial charge in [0.15, 0.2) is 0 Å². The molecule has 0 aromatic carbocycles. The average Bonchev–Trinajstić information content (AvgIpc) is 2.45. The van der Waals surface area contributed by atoms with Gasteiger partial charge in [0.1, 0.15) is 0 Å². The fourth-order valence-electron chi connectivity index (χ4n) is 3.36. The Morgan fingerprint density at radius 2 is 2.00 bits per heavy atom. The molecule has 2 rings (SSSR count). The molecule has 0 radical (unpaired) electrons. The van der Waals surface area contributed by atoms with Crippen molar-refractivity contribution in [3.63, 3.8) is 0 Å². The maximum atomic E-state index is 4.60. The van der Waals surface area contributed by atoms with E-state index in [1.54, 1.807) is 0 Å². The molecule has 1 aliphatic carbocycles. The lowest BCUT2D eigenvalue weighted by Gasteiger charge is -2.46. The number of thiol groups is 1. The largest absolute Gasteiger partial charge is 0.305 e. The summed E-state index contributed by atoms with van der Waals surface area (Å²) in [6, 6.07) is 0.764. The van der Waals surface area contributed by atoms with Gasteiger partial charge in [-0.05, 0) is 57.0 Å². The smallest absolute Gasteiger partial charge is 0.0220 e. The highest BCUT2D eigenvalue weighted by molar-refractivity contribution is 7.80. The lowest BCUT2D eigenvalue weighted by Crippen LogP contribution is -2.49. The minimum absolute atomic E-state index is 0.555. The number of rotatable bonds is 4. The Bertz CT molecular complexity index is 235. The van der Waals surface area contributed by atoms with Crippen molar-refractivity contribution in [3.05, 3.63) is 0 Å². The third kappa shape index (κ3) is 3.18. The molecule has 0 amide bonds. The number of hydrogen-bond acceptors (Lipinski definition) is 3. The zero-order valence-corrected chi connectivity index (χ0v) is 12.4. The van der Waals surface area contributed by atoms with E-state index in [4.69, 9.17) is 0 Å². The Morgan fingerprint density at radius 3 is 2.53 bits per heavy atom. The highest BCUT2D eigenvalue weighted by atomic mass is 32.1. The molecule has 100 valence electrons. The first-order valence-corrected chi connectivity index (χ1v) is 7.86. The van der Waals surface area contributed by atoms with Gasteiger partial charge in [-0.25, -0.2) is 0 Å². The van der Waals surface area contributed by atoms with Gasteiger partial charge in [-0.1, -0.05) is 13.3 Å². The van der Waals surface area contributed by atoms with E-state index < -0.39 is 0 Å². The van der Waals surface area contributed by atoms with Gasteiger partial charge in [-0.3, -0.25) is 4.90 Å². The van der Waals surface area contributed by atoms with Crippen LogP contribution in [0.5, 0.6) is 0 Å². The normalized spacial score (nSPS) is 30.9. The van der Waals surface area contributed by atoms with Gasteiger partial charge in [-0.15, -0.1) is 0 Å².